The summed E-state index contributed by atoms with van der Waals surface area (Å²) in [6.45, 7) is 4.06. The Morgan fingerprint density at radius 1 is 1.50 bits per heavy atom. The molecule has 1 heterocycles. The van der Waals surface area contributed by atoms with E-state index in [0.29, 0.717) is 10.6 Å². The third kappa shape index (κ3) is 2.63. The predicted molar refractivity (Wildman–Crippen MR) is 75.1 cm³/mol. The molecular formula is C13H12ClN3S. The van der Waals surface area contributed by atoms with Crippen LogP contribution < -0.4 is 5.32 Å². The Labute approximate surface area is 115 Å². The van der Waals surface area contributed by atoms with Crippen molar-refractivity contribution < 1.29 is 0 Å². The summed E-state index contributed by atoms with van der Waals surface area (Å²) in [5.41, 5.74) is 4.24. The van der Waals surface area contributed by atoms with Crippen LogP contribution >= 0.6 is 22.9 Å². The van der Waals surface area contributed by atoms with Crippen molar-refractivity contribution in [2.75, 3.05) is 5.32 Å². The lowest BCUT2D eigenvalue weighted by Gasteiger charge is -2.14. The number of nitriles is 1. The minimum Gasteiger partial charge on any atom is -0.378 e. The fourth-order valence-corrected chi connectivity index (χ4v) is 2.71. The third-order valence-corrected chi connectivity index (χ3v) is 4.09. The summed E-state index contributed by atoms with van der Waals surface area (Å²) in [7, 11) is 0. The van der Waals surface area contributed by atoms with Gasteiger partial charge in [-0.15, -0.1) is 11.3 Å². The topological polar surface area (TPSA) is 48.7 Å². The van der Waals surface area contributed by atoms with Crippen LogP contribution in [0.5, 0.6) is 0 Å². The minimum atomic E-state index is 0.158. The highest BCUT2D eigenvalue weighted by atomic mass is 35.5. The Hall–Kier alpha value is -1.57. The Kier molecular flexibility index (Phi) is 3.85. The number of aromatic nitrogens is 1. The number of benzene rings is 1. The van der Waals surface area contributed by atoms with Gasteiger partial charge in [0.25, 0.3) is 0 Å². The molecule has 1 aromatic carbocycles. The van der Waals surface area contributed by atoms with Gasteiger partial charge in [-0.25, -0.2) is 4.98 Å². The zero-order valence-corrected chi connectivity index (χ0v) is 11.6. The van der Waals surface area contributed by atoms with Crippen molar-refractivity contribution >= 4 is 28.6 Å². The van der Waals surface area contributed by atoms with E-state index >= 15 is 0 Å². The highest BCUT2D eigenvalue weighted by Gasteiger charge is 2.11. The van der Waals surface area contributed by atoms with Gasteiger partial charge in [-0.1, -0.05) is 11.6 Å². The van der Waals surface area contributed by atoms with Gasteiger partial charge in [-0.05, 0) is 32.0 Å². The van der Waals surface area contributed by atoms with Gasteiger partial charge >= 0.3 is 0 Å². The average molecular weight is 278 g/mol. The number of nitrogens with one attached hydrogen (secondary N) is 1. The van der Waals surface area contributed by atoms with Crippen molar-refractivity contribution in [2.45, 2.75) is 19.9 Å². The normalized spacial score (nSPS) is 11.9. The summed E-state index contributed by atoms with van der Waals surface area (Å²) in [4.78, 5) is 5.43. The largest absolute Gasteiger partial charge is 0.378 e. The van der Waals surface area contributed by atoms with Crippen LogP contribution in [0.2, 0.25) is 5.02 Å². The van der Waals surface area contributed by atoms with E-state index in [2.05, 4.69) is 23.3 Å². The molecule has 1 atom stereocenters. The molecule has 5 heteroatoms. The number of hydrogen-bond donors (Lipinski definition) is 1. The zero-order valence-electron chi connectivity index (χ0n) is 10.1. The SMILES string of the molecule is Cc1ncsc1C(C)Nc1ccc(Cl)c(C#N)c1. The molecule has 1 aromatic heterocycles. The van der Waals surface area contributed by atoms with Crippen molar-refractivity contribution in [1.29, 1.82) is 5.26 Å². The maximum Gasteiger partial charge on any atom is 0.101 e. The zero-order chi connectivity index (χ0) is 13.1. The fourth-order valence-electron chi connectivity index (χ4n) is 1.74. The highest BCUT2D eigenvalue weighted by molar-refractivity contribution is 7.09. The molecule has 2 aromatic rings. The van der Waals surface area contributed by atoms with Crippen LogP contribution in [0.25, 0.3) is 0 Å². The first kappa shape index (κ1) is 12.9. The summed E-state index contributed by atoms with van der Waals surface area (Å²) in [5.74, 6) is 0. The molecule has 0 saturated heterocycles. The molecule has 0 bridgehead atoms. The van der Waals surface area contributed by atoms with Crippen molar-refractivity contribution in [3.05, 3.63) is 44.9 Å². The number of anilines is 1. The van der Waals surface area contributed by atoms with Crippen LogP contribution in [0.1, 0.15) is 29.1 Å². The van der Waals surface area contributed by atoms with Crippen molar-refractivity contribution in [1.82, 2.24) is 4.98 Å². The number of hydrogen-bond acceptors (Lipinski definition) is 4. The fraction of sp³-hybridized carbons (Fsp3) is 0.231. The van der Waals surface area contributed by atoms with Gasteiger partial charge in [0.15, 0.2) is 0 Å². The predicted octanol–water partition coefficient (Wildman–Crippen LogP) is 4.15. The second-order valence-corrected chi connectivity index (χ2v) is 5.27. The average Bonchev–Trinajstić information content (AvgIpc) is 2.78. The summed E-state index contributed by atoms with van der Waals surface area (Å²) in [5, 5.41) is 12.8. The van der Waals surface area contributed by atoms with Crippen LogP contribution in [0.3, 0.4) is 0 Å². The minimum absolute atomic E-state index is 0.158. The lowest BCUT2D eigenvalue weighted by Crippen LogP contribution is -2.06. The van der Waals surface area contributed by atoms with E-state index in [1.54, 1.807) is 23.5 Å². The smallest absolute Gasteiger partial charge is 0.101 e. The molecule has 0 aliphatic rings. The van der Waals surface area contributed by atoms with Gasteiger partial charge in [-0.2, -0.15) is 5.26 Å². The second-order valence-electron chi connectivity index (χ2n) is 3.97. The van der Waals surface area contributed by atoms with Crippen molar-refractivity contribution in [3.63, 3.8) is 0 Å². The summed E-state index contributed by atoms with van der Waals surface area (Å²) in [6, 6.07) is 7.59. The first-order chi connectivity index (χ1) is 8.61. The molecule has 0 aliphatic carbocycles. The van der Waals surface area contributed by atoms with E-state index in [0.717, 1.165) is 11.4 Å². The standard InChI is InChI=1S/C13H12ClN3S/c1-8-13(18-7-16-8)9(2)17-11-3-4-12(14)10(5-11)6-15/h3-5,7,9,17H,1-2H3. The molecule has 0 spiro atoms. The molecule has 92 valence electrons. The Balaban J connectivity index is 2.20. The van der Waals surface area contributed by atoms with E-state index in [-0.39, 0.29) is 6.04 Å². The number of thiazole rings is 1. The first-order valence-electron chi connectivity index (χ1n) is 5.48. The molecule has 0 radical (unpaired) electrons. The van der Waals surface area contributed by atoms with Crippen molar-refractivity contribution in [2.24, 2.45) is 0 Å². The van der Waals surface area contributed by atoms with Crippen LogP contribution in [0.4, 0.5) is 5.69 Å². The lowest BCUT2D eigenvalue weighted by molar-refractivity contribution is 0.890. The highest BCUT2D eigenvalue weighted by Crippen LogP contribution is 2.27. The van der Waals surface area contributed by atoms with E-state index < -0.39 is 0 Å². The van der Waals surface area contributed by atoms with E-state index in [1.807, 2.05) is 18.5 Å². The van der Waals surface area contributed by atoms with E-state index in [9.17, 15) is 0 Å². The first-order valence-corrected chi connectivity index (χ1v) is 6.73. The van der Waals surface area contributed by atoms with Crippen LogP contribution in [-0.4, -0.2) is 4.98 Å². The van der Waals surface area contributed by atoms with Gasteiger partial charge in [0.2, 0.25) is 0 Å². The maximum absolute atomic E-state index is 8.93. The van der Waals surface area contributed by atoms with Crippen molar-refractivity contribution in [3.8, 4) is 6.07 Å². The molecular weight excluding hydrogens is 266 g/mol. The van der Waals surface area contributed by atoms with Crippen LogP contribution in [0.15, 0.2) is 23.7 Å². The van der Waals surface area contributed by atoms with Crippen LogP contribution in [-0.2, 0) is 0 Å². The Morgan fingerprint density at radius 2 is 2.28 bits per heavy atom. The lowest BCUT2D eigenvalue weighted by atomic mass is 10.2. The van der Waals surface area contributed by atoms with Gasteiger partial charge in [0.1, 0.15) is 6.07 Å². The van der Waals surface area contributed by atoms with E-state index in [4.69, 9.17) is 16.9 Å². The Morgan fingerprint density at radius 3 is 2.89 bits per heavy atom. The molecule has 3 nitrogen and oxygen atoms in total. The monoisotopic (exact) mass is 277 g/mol. The van der Waals surface area contributed by atoms with Crippen LogP contribution in [0, 0.1) is 18.3 Å². The molecule has 0 aliphatic heterocycles. The molecule has 1 N–H and O–H groups in total. The molecule has 0 saturated carbocycles. The Bertz CT molecular complexity index is 601. The van der Waals surface area contributed by atoms with E-state index in [1.165, 1.54) is 4.88 Å². The molecule has 18 heavy (non-hydrogen) atoms. The molecule has 1 unspecified atom stereocenters. The molecule has 0 amide bonds. The molecule has 0 fully saturated rings. The maximum atomic E-state index is 8.93. The molecule has 2 rings (SSSR count). The number of halogens is 1. The third-order valence-electron chi connectivity index (χ3n) is 2.65. The quantitative estimate of drug-likeness (QED) is 0.917. The number of nitrogens with zero attached hydrogens (tertiary/aromatic N) is 2. The van der Waals surface area contributed by atoms with Gasteiger partial charge in [0, 0.05) is 10.6 Å². The van der Waals surface area contributed by atoms with Gasteiger partial charge < -0.3 is 5.32 Å². The second kappa shape index (κ2) is 5.38. The van der Waals surface area contributed by atoms with Gasteiger partial charge in [0.05, 0.1) is 27.8 Å². The summed E-state index contributed by atoms with van der Waals surface area (Å²) < 4.78 is 0. The summed E-state index contributed by atoms with van der Waals surface area (Å²) in [6.07, 6.45) is 0. The summed E-state index contributed by atoms with van der Waals surface area (Å²) >= 11 is 7.52. The number of rotatable bonds is 3. The van der Waals surface area contributed by atoms with Gasteiger partial charge in [-0.3, -0.25) is 0 Å². The number of aryl methyl sites for hydroxylation is 1.